The summed E-state index contributed by atoms with van der Waals surface area (Å²) in [5, 5.41) is 0.309. The molecule has 1 heterocycles. The van der Waals surface area contributed by atoms with Gasteiger partial charge in [-0.05, 0) is 76.5 Å². The van der Waals surface area contributed by atoms with Crippen molar-refractivity contribution in [1.82, 2.24) is 9.80 Å². The van der Waals surface area contributed by atoms with Crippen LogP contribution in [0.25, 0.3) is 0 Å². The SMILES string of the molecule is CC1C(c2cc(Cl)cc(Br)c2F)N(C(=O)OC(C)(C)C)CCN1C(=O)OC(C)(C)C. The van der Waals surface area contributed by atoms with Gasteiger partial charge in [0.1, 0.15) is 17.0 Å². The van der Waals surface area contributed by atoms with Crippen molar-refractivity contribution in [2.75, 3.05) is 13.1 Å². The van der Waals surface area contributed by atoms with E-state index in [1.807, 2.05) is 0 Å². The summed E-state index contributed by atoms with van der Waals surface area (Å²) in [5.74, 6) is -0.546. The fourth-order valence-electron chi connectivity index (χ4n) is 3.31. The maximum absolute atomic E-state index is 15.1. The number of rotatable bonds is 1. The van der Waals surface area contributed by atoms with E-state index in [1.165, 1.54) is 21.9 Å². The van der Waals surface area contributed by atoms with E-state index in [9.17, 15) is 9.59 Å². The van der Waals surface area contributed by atoms with Gasteiger partial charge in [-0.1, -0.05) is 11.6 Å². The van der Waals surface area contributed by atoms with E-state index in [4.69, 9.17) is 21.1 Å². The van der Waals surface area contributed by atoms with Gasteiger partial charge in [0.2, 0.25) is 0 Å². The zero-order valence-corrected chi connectivity index (χ0v) is 20.7. The van der Waals surface area contributed by atoms with Gasteiger partial charge in [0, 0.05) is 23.7 Å². The number of hydrogen-bond donors (Lipinski definition) is 0. The van der Waals surface area contributed by atoms with Crippen LogP contribution in [-0.4, -0.2) is 52.3 Å². The van der Waals surface area contributed by atoms with Crippen LogP contribution in [0, 0.1) is 5.82 Å². The molecule has 1 saturated heterocycles. The molecule has 1 fully saturated rings. The minimum absolute atomic E-state index is 0.159. The summed E-state index contributed by atoms with van der Waals surface area (Å²) < 4.78 is 26.3. The fraction of sp³-hybridized carbons (Fsp3) is 0.619. The molecule has 0 spiro atoms. The molecule has 1 aromatic rings. The van der Waals surface area contributed by atoms with Crippen LogP contribution >= 0.6 is 27.5 Å². The maximum Gasteiger partial charge on any atom is 0.410 e. The fourth-order valence-corrected chi connectivity index (χ4v) is 4.15. The molecule has 2 rings (SSSR count). The Balaban J connectivity index is 2.49. The van der Waals surface area contributed by atoms with Gasteiger partial charge in [0.15, 0.2) is 0 Å². The second-order valence-corrected chi connectivity index (χ2v) is 10.6. The Hall–Kier alpha value is -1.54. The number of carbonyl (C=O) groups excluding carboxylic acids is 2. The Bertz CT molecular complexity index is 822. The van der Waals surface area contributed by atoms with Crippen molar-refractivity contribution in [3.63, 3.8) is 0 Å². The first kappa shape index (κ1) is 24.7. The molecule has 0 saturated carbocycles. The van der Waals surface area contributed by atoms with Gasteiger partial charge in [-0.3, -0.25) is 4.90 Å². The number of nitrogens with zero attached hydrogens (tertiary/aromatic N) is 2. The minimum Gasteiger partial charge on any atom is -0.444 e. The van der Waals surface area contributed by atoms with Crippen molar-refractivity contribution in [3.05, 3.63) is 33.0 Å². The van der Waals surface area contributed by atoms with E-state index in [0.29, 0.717) is 5.02 Å². The van der Waals surface area contributed by atoms with Crippen molar-refractivity contribution in [2.24, 2.45) is 0 Å². The minimum atomic E-state index is -0.809. The summed E-state index contributed by atoms with van der Waals surface area (Å²) in [6.45, 7) is 12.7. The summed E-state index contributed by atoms with van der Waals surface area (Å²) in [5.41, 5.74) is -1.21. The topological polar surface area (TPSA) is 59.1 Å². The van der Waals surface area contributed by atoms with Crippen molar-refractivity contribution >= 4 is 39.7 Å². The molecule has 1 aromatic carbocycles. The molecule has 0 aliphatic carbocycles. The number of benzene rings is 1. The number of ether oxygens (including phenoxy) is 2. The number of hydrogen-bond acceptors (Lipinski definition) is 4. The number of halogens is 3. The Morgan fingerprint density at radius 1 is 1.03 bits per heavy atom. The lowest BCUT2D eigenvalue weighted by atomic mass is 9.95. The Morgan fingerprint density at radius 2 is 1.50 bits per heavy atom. The van der Waals surface area contributed by atoms with Crippen LogP contribution in [0.3, 0.4) is 0 Å². The van der Waals surface area contributed by atoms with Crippen LogP contribution in [0.15, 0.2) is 16.6 Å². The first-order chi connectivity index (χ1) is 13.6. The highest BCUT2D eigenvalue weighted by Crippen LogP contribution is 2.38. The number of piperazine rings is 1. The highest BCUT2D eigenvalue weighted by Gasteiger charge is 2.43. The van der Waals surface area contributed by atoms with Crippen molar-refractivity contribution in [1.29, 1.82) is 0 Å². The van der Waals surface area contributed by atoms with E-state index in [2.05, 4.69) is 15.9 Å². The van der Waals surface area contributed by atoms with Gasteiger partial charge < -0.3 is 14.4 Å². The standard InChI is InChI=1S/C21H29BrClFN2O4/c1-12-17(14-10-13(23)11-15(22)16(14)24)26(19(28)30-21(5,6)7)9-8-25(12)18(27)29-20(2,3)4/h10-12,17H,8-9H2,1-7H3. The van der Waals surface area contributed by atoms with Crippen molar-refractivity contribution in [3.8, 4) is 0 Å². The average Bonchev–Trinajstić information content (AvgIpc) is 2.54. The van der Waals surface area contributed by atoms with Gasteiger partial charge in [-0.25, -0.2) is 14.0 Å². The van der Waals surface area contributed by atoms with E-state index in [0.717, 1.165) is 0 Å². The quantitative estimate of drug-likeness (QED) is 0.427. The molecule has 0 aromatic heterocycles. The predicted octanol–water partition coefficient (Wildman–Crippen LogP) is 6.16. The van der Waals surface area contributed by atoms with Gasteiger partial charge in [-0.2, -0.15) is 0 Å². The second kappa shape index (κ2) is 8.91. The van der Waals surface area contributed by atoms with E-state index < -0.39 is 41.3 Å². The van der Waals surface area contributed by atoms with Crippen molar-refractivity contribution in [2.45, 2.75) is 71.8 Å². The van der Waals surface area contributed by atoms with Crippen LogP contribution in [0.5, 0.6) is 0 Å². The van der Waals surface area contributed by atoms with Gasteiger partial charge in [-0.15, -0.1) is 0 Å². The van der Waals surface area contributed by atoms with Crippen LogP contribution < -0.4 is 0 Å². The molecular weight excluding hydrogens is 479 g/mol. The molecule has 2 unspecified atom stereocenters. The Morgan fingerprint density at radius 3 is 2.00 bits per heavy atom. The largest absolute Gasteiger partial charge is 0.444 e. The Kier molecular flexibility index (Phi) is 7.34. The van der Waals surface area contributed by atoms with E-state index in [-0.39, 0.29) is 23.1 Å². The molecule has 0 radical (unpaired) electrons. The monoisotopic (exact) mass is 506 g/mol. The van der Waals surface area contributed by atoms with Gasteiger partial charge in [0.25, 0.3) is 0 Å². The first-order valence-corrected chi connectivity index (χ1v) is 10.9. The lowest BCUT2D eigenvalue weighted by Crippen LogP contribution is -2.58. The van der Waals surface area contributed by atoms with Crippen molar-refractivity contribution < 1.29 is 23.5 Å². The number of carbonyl (C=O) groups is 2. The molecule has 0 bridgehead atoms. The third kappa shape index (κ3) is 6.00. The molecule has 1 aliphatic rings. The summed E-state index contributed by atoms with van der Waals surface area (Å²) in [6, 6.07) is 1.52. The molecule has 168 valence electrons. The number of amides is 2. The van der Waals surface area contributed by atoms with Crippen LogP contribution in [0.4, 0.5) is 14.0 Å². The van der Waals surface area contributed by atoms with E-state index >= 15 is 4.39 Å². The third-order valence-corrected chi connectivity index (χ3v) is 5.26. The molecular formula is C21H29BrClFN2O4. The zero-order valence-electron chi connectivity index (χ0n) is 18.4. The molecule has 6 nitrogen and oxygen atoms in total. The Labute approximate surface area is 190 Å². The summed E-state index contributed by atoms with van der Waals surface area (Å²) in [6.07, 6.45) is -1.11. The average molecular weight is 508 g/mol. The summed E-state index contributed by atoms with van der Waals surface area (Å²) in [4.78, 5) is 28.6. The molecule has 1 aliphatic heterocycles. The maximum atomic E-state index is 15.1. The highest BCUT2D eigenvalue weighted by atomic mass is 79.9. The smallest absolute Gasteiger partial charge is 0.410 e. The first-order valence-electron chi connectivity index (χ1n) is 9.74. The van der Waals surface area contributed by atoms with Crippen LogP contribution in [0.1, 0.15) is 60.1 Å². The van der Waals surface area contributed by atoms with Crippen LogP contribution in [-0.2, 0) is 9.47 Å². The highest BCUT2D eigenvalue weighted by molar-refractivity contribution is 9.10. The van der Waals surface area contributed by atoms with E-state index in [1.54, 1.807) is 48.5 Å². The van der Waals surface area contributed by atoms with Gasteiger partial charge in [0.05, 0.1) is 16.6 Å². The molecule has 0 N–H and O–H groups in total. The molecule has 2 atom stereocenters. The summed E-state index contributed by atoms with van der Waals surface area (Å²) >= 11 is 9.35. The molecule has 2 amide bonds. The molecule has 30 heavy (non-hydrogen) atoms. The lowest BCUT2D eigenvalue weighted by molar-refractivity contribution is -0.0318. The molecule has 9 heteroatoms. The second-order valence-electron chi connectivity index (χ2n) is 9.32. The lowest BCUT2D eigenvalue weighted by Gasteiger charge is -2.46. The zero-order chi connectivity index (χ0) is 23.0. The van der Waals surface area contributed by atoms with Gasteiger partial charge >= 0.3 is 12.2 Å². The van der Waals surface area contributed by atoms with Crippen LogP contribution in [0.2, 0.25) is 5.02 Å². The predicted molar refractivity (Wildman–Crippen MR) is 117 cm³/mol. The summed E-state index contributed by atoms with van der Waals surface area (Å²) in [7, 11) is 0. The third-order valence-electron chi connectivity index (χ3n) is 4.46. The normalized spacial score (nSPS) is 20.2.